The van der Waals surface area contributed by atoms with Gasteiger partial charge in [0.05, 0.1) is 19.1 Å². The molecule has 1 aliphatic heterocycles. The molecule has 1 heterocycles. The van der Waals surface area contributed by atoms with E-state index in [-0.39, 0.29) is 18.1 Å². The lowest BCUT2D eigenvalue weighted by Gasteiger charge is -2.15. The summed E-state index contributed by atoms with van der Waals surface area (Å²) in [5, 5.41) is 9.18. The zero-order valence-electron chi connectivity index (χ0n) is 7.78. The number of hydrogen-bond donors (Lipinski definition) is 1. The SMILES string of the molecule is CC(=O)C=C(C)N1CC(O)CC1=O. The molecule has 0 aromatic heterocycles. The van der Waals surface area contributed by atoms with Gasteiger partial charge in [-0.25, -0.2) is 0 Å². The van der Waals surface area contributed by atoms with Crippen LogP contribution in [0.2, 0.25) is 0 Å². The van der Waals surface area contributed by atoms with E-state index >= 15 is 0 Å². The lowest BCUT2D eigenvalue weighted by Crippen LogP contribution is -2.24. The fraction of sp³-hybridized carbons (Fsp3) is 0.556. The second-order valence-corrected chi connectivity index (χ2v) is 3.26. The Morgan fingerprint density at radius 3 is 2.62 bits per heavy atom. The minimum absolute atomic E-state index is 0.0910. The Balaban J connectivity index is 2.73. The van der Waals surface area contributed by atoms with Gasteiger partial charge in [0.2, 0.25) is 5.91 Å². The van der Waals surface area contributed by atoms with E-state index < -0.39 is 6.10 Å². The van der Waals surface area contributed by atoms with Gasteiger partial charge in [-0.1, -0.05) is 0 Å². The van der Waals surface area contributed by atoms with Gasteiger partial charge in [-0.15, -0.1) is 0 Å². The van der Waals surface area contributed by atoms with Gasteiger partial charge in [0.25, 0.3) is 0 Å². The van der Waals surface area contributed by atoms with Crippen LogP contribution in [0.15, 0.2) is 11.8 Å². The van der Waals surface area contributed by atoms with Crippen LogP contribution >= 0.6 is 0 Å². The number of nitrogens with zero attached hydrogens (tertiary/aromatic N) is 1. The summed E-state index contributed by atoms with van der Waals surface area (Å²) in [7, 11) is 0. The maximum atomic E-state index is 11.2. The number of aliphatic hydroxyl groups excluding tert-OH is 1. The summed E-state index contributed by atoms with van der Waals surface area (Å²) in [4.78, 5) is 23.4. The summed E-state index contributed by atoms with van der Waals surface area (Å²) in [6, 6.07) is 0. The number of hydrogen-bond acceptors (Lipinski definition) is 3. The third-order valence-corrected chi connectivity index (χ3v) is 1.94. The highest BCUT2D eigenvalue weighted by Crippen LogP contribution is 2.16. The van der Waals surface area contributed by atoms with Crippen LogP contribution in [-0.4, -0.2) is 34.3 Å². The van der Waals surface area contributed by atoms with Crippen LogP contribution in [0.3, 0.4) is 0 Å². The maximum Gasteiger partial charge on any atom is 0.229 e. The monoisotopic (exact) mass is 183 g/mol. The number of aliphatic hydroxyl groups is 1. The molecule has 1 rings (SSSR count). The molecule has 0 radical (unpaired) electrons. The molecular formula is C9H13NO3. The number of ketones is 1. The van der Waals surface area contributed by atoms with Crippen molar-refractivity contribution in [2.75, 3.05) is 6.54 Å². The number of likely N-dealkylation sites (tertiary alicyclic amines) is 1. The molecule has 0 aliphatic carbocycles. The van der Waals surface area contributed by atoms with E-state index in [1.54, 1.807) is 6.92 Å². The molecule has 1 saturated heterocycles. The minimum atomic E-state index is -0.595. The molecule has 0 saturated carbocycles. The van der Waals surface area contributed by atoms with Crippen molar-refractivity contribution in [2.24, 2.45) is 0 Å². The van der Waals surface area contributed by atoms with Crippen molar-refractivity contribution in [3.8, 4) is 0 Å². The molecule has 0 spiro atoms. The molecule has 0 aromatic rings. The molecule has 13 heavy (non-hydrogen) atoms. The molecule has 1 N–H and O–H groups in total. The highest BCUT2D eigenvalue weighted by Gasteiger charge is 2.28. The lowest BCUT2D eigenvalue weighted by molar-refractivity contribution is -0.126. The topological polar surface area (TPSA) is 57.6 Å². The first-order valence-corrected chi connectivity index (χ1v) is 4.18. The van der Waals surface area contributed by atoms with Crippen LogP contribution in [-0.2, 0) is 9.59 Å². The molecule has 1 aliphatic rings. The highest BCUT2D eigenvalue weighted by atomic mass is 16.3. The zero-order valence-corrected chi connectivity index (χ0v) is 7.78. The molecule has 1 atom stereocenters. The van der Waals surface area contributed by atoms with Crippen LogP contribution in [0.5, 0.6) is 0 Å². The van der Waals surface area contributed by atoms with Crippen molar-refractivity contribution in [3.05, 3.63) is 11.8 Å². The summed E-state index contributed by atoms with van der Waals surface area (Å²) in [6.45, 7) is 3.42. The Morgan fingerprint density at radius 1 is 1.62 bits per heavy atom. The molecule has 1 fully saturated rings. The fourth-order valence-electron chi connectivity index (χ4n) is 1.40. The van der Waals surface area contributed by atoms with E-state index in [4.69, 9.17) is 0 Å². The molecule has 0 aromatic carbocycles. The quantitative estimate of drug-likeness (QED) is 0.616. The smallest absolute Gasteiger partial charge is 0.229 e. The molecule has 4 heteroatoms. The van der Waals surface area contributed by atoms with Gasteiger partial charge in [-0.05, 0) is 13.8 Å². The first-order valence-electron chi connectivity index (χ1n) is 4.18. The zero-order chi connectivity index (χ0) is 10.0. The number of rotatable bonds is 2. The second kappa shape index (κ2) is 3.70. The van der Waals surface area contributed by atoms with E-state index in [1.165, 1.54) is 17.9 Å². The van der Waals surface area contributed by atoms with Crippen molar-refractivity contribution >= 4 is 11.7 Å². The third kappa shape index (κ3) is 2.39. The molecule has 0 bridgehead atoms. The molecule has 4 nitrogen and oxygen atoms in total. The fourth-order valence-corrected chi connectivity index (χ4v) is 1.40. The van der Waals surface area contributed by atoms with Crippen LogP contribution in [0, 0.1) is 0 Å². The van der Waals surface area contributed by atoms with Crippen molar-refractivity contribution < 1.29 is 14.7 Å². The van der Waals surface area contributed by atoms with Gasteiger partial charge in [-0.2, -0.15) is 0 Å². The summed E-state index contributed by atoms with van der Waals surface area (Å²) in [5.41, 5.74) is 0.606. The first-order chi connectivity index (χ1) is 6.00. The molecule has 1 amide bonds. The van der Waals surface area contributed by atoms with E-state index in [9.17, 15) is 14.7 Å². The second-order valence-electron chi connectivity index (χ2n) is 3.26. The summed E-state index contributed by atoms with van der Waals surface area (Å²) < 4.78 is 0. The largest absolute Gasteiger partial charge is 0.391 e. The Bertz CT molecular complexity index is 270. The number of allylic oxidation sites excluding steroid dienone is 2. The normalized spacial score (nSPS) is 23.9. The van der Waals surface area contributed by atoms with E-state index in [2.05, 4.69) is 0 Å². The predicted molar refractivity (Wildman–Crippen MR) is 46.8 cm³/mol. The highest BCUT2D eigenvalue weighted by molar-refractivity contribution is 5.89. The van der Waals surface area contributed by atoms with E-state index in [0.29, 0.717) is 12.2 Å². The van der Waals surface area contributed by atoms with Crippen molar-refractivity contribution in [1.82, 2.24) is 4.90 Å². The standard InChI is InChI=1S/C9H13NO3/c1-6(3-7(2)11)10-5-8(12)4-9(10)13/h3,8,12H,4-5H2,1-2H3. The van der Waals surface area contributed by atoms with Gasteiger partial charge in [0.15, 0.2) is 5.78 Å². The van der Waals surface area contributed by atoms with Crippen molar-refractivity contribution in [3.63, 3.8) is 0 Å². The average molecular weight is 183 g/mol. The van der Waals surface area contributed by atoms with Gasteiger partial charge in [0.1, 0.15) is 0 Å². The molecule has 1 unspecified atom stereocenters. The summed E-state index contributed by atoms with van der Waals surface area (Å²) >= 11 is 0. The van der Waals surface area contributed by atoms with Gasteiger partial charge in [-0.3, -0.25) is 9.59 Å². The predicted octanol–water partition coefficient (Wildman–Crippen LogP) is 0.0724. The molecular weight excluding hydrogens is 170 g/mol. The first kappa shape index (κ1) is 9.92. The number of amides is 1. The Labute approximate surface area is 76.8 Å². The number of carbonyl (C=O) groups is 2. The number of β-amino-alcohol motifs (C(OH)–C–C–N with tert-alkyl or cyclic N) is 1. The summed E-state index contributed by atoms with van der Waals surface area (Å²) in [6.07, 6.45) is 0.960. The summed E-state index contributed by atoms with van der Waals surface area (Å²) in [5.74, 6) is -0.214. The van der Waals surface area contributed by atoms with Crippen LogP contribution < -0.4 is 0 Å². The van der Waals surface area contributed by atoms with Crippen LogP contribution in [0.1, 0.15) is 20.3 Å². The van der Waals surface area contributed by atoms with Gasteiger partial charge < -0.3 is 10.0 Å². The van der Waals surface area contributed by atoms with E-state index in [0.717, 1.165) is 0 Å². The van der Waals surface area contributed by atoms with Gasteiger partial charge >= 0.3 is 0 Å². The molecule has 72 valence electrons. The van der Waals surface area contributed by atoms with Gasteiger partial charge in [0, 0.05) is 11.8 Å². The Kier molecular flexibility index (Phi) is 2.83. The maximum absolute atomic E-state index is 11.2. The van der Waals surface area contributed by atoms with E-state index in [1.807, 2.05) is 0 Å². The Morgan fingerprint density at radius 2 is 2.23 bits per heavy atom. The van der Waals surface area contributed by atoms with Crippen molar-refractivity contribution in [2.45, 2.75) is 26.4 Å². The third-order valence-electron chi connectivity index (χ3n) is 1.94. The number of carbonyl (C=O) groups excluding carboxylic acids is 2. The Hall–Kier alpha value is -1.16. The van der Waals surface area contributed by atoms with Crippen molar-refractivity contribution in [1.29, 1.82) is 0 Å². The minimum Gasteiger partial charge on any atom is -0.391 e. The van der Waals surface area contributed by atoms with Crippen LogP contribution in [0.4, 0.5) is 0 Å². The lowest BCUT2D eigenvalue weighted by atomic mass is 10.3. The van der Waals surface area contributed by atoms with Crippen LogP contribution in [0.25, 0.3) is 0 Å². The average Bonchev–Trinajstić information content (AvgIpc) is 2.28.